The monoisotopic (exact) mass is 385 g/mol. The van der Waals surface area contributed by atoms with Crippen LogP contribution in [0.2, 0.25) is 10.0 Å². The molecular formula is C20H17Cl2N3O. The summed E-state index contributed by atoms with van der Waals surface area (Å²) in [5, 5.41) is 8.84. The number of hydrogen-bond donors (Lipinski definition) is 1. The van der Waals surface area contributed by atoms with Gasteiger partial charge < -0.3 is 5.32 Å². The number of carbonyl (C=O) groups is 1. The van der Waals surface area contributed by atoms with Crippen molar-refractivity contribution >= 4 is 29.1 Å². The minimum Gasteiger partial charge on any atom is -0.348 e. The van der Waals surface area contributed by atoms with E-state index in [1.54, 1.807) is 4.68 Å². The van der Waals surface area contributed by atoms with Gasteiger partial charge in [0.1, 0.15) is 0 Å². The summed E-state index contributed by atoms with van der Waals surface area (Å²) in [6.07, 6.45) is 2.06. The molecule has 4 rings (SSSR count). The first-order valence-corrected chi connectivity index (χ1v) is 9.21. The van der Waals surface area contributed by atoms with Gasteiger partial charge in [-0.2, -0.15) is 5.10 Å². The molecule has 0 radical (unpaired) electrons. The van der Waals surface area contributed by atoms with Gasteiger partial charge >= 0.3 is 0 Å². The normalized spacial score (nSPS) is 13.7. The summed E-state index contributed by atoms with van der Waals surface area (Å²) in [7, 11) is 0. The fourth-order valence-electron chi connectivity index (χ4n) is 2.94. The fourth-order valence-corrected chi connectivity index (χ4v) is 3.28. The first-order chi connectivity index (χ1) is 12.5. The van der Waals surface area contributed by atoms with E-state index in [4.69, 9.17) is 23.2 Å². The Morgan fingerprint density at radius 2 is 1.81 bits per heavy atom. The summed E-state index contributed by atoms with van der Waals surface area (Å²) in [6, 6.07) is 15.2. The number of benzene rings is 2. The lowest BCUT2D eigenvalue weighted by Gasteiger charge is -2.10. The minimum atomic E-state index is -0.147. The Labute approximate surface area is 161 Å². The second kappa shape index (κ2) is 6.78. The number of halogens is 2. The Morgan fingerprint density at radius 1 is 1.12 bits per heavy atom. The van der Waals surface area contributed by atoms with E-state index in [1.165, 1.54) is 0 Å². The molecule has 0 bridgehead atoms. The van der Waals surface area contributed by atoms with Crippen LogP contribution in [0.15, 0.2) is 48.5 Å². The topological polar surface area (TPSA) is 46.9 Å². The average molecular weight is 386 g/mol. The van der Waals surface area contributed by atoms with Crippen LogP contribution < -0.4 is 5.32 Å². The highest BCUT2D eigenvalue weighted by Gasteiger charge is 2.28. The molecule has 2 aromatic carbocycles. The van der Waals surface area contributed by atoms with Gasteiger partial charge in [-0.3, -0.25) is 4.79 Å². The predicted molar refractivity (Wildman–Crippen MR) is 104 cm³/mol. The Balaban J connectivity index is 1.89. The van der Waals surface area contributed by atoms with E-state index in [0.717, 1.165) is 35.3 Å². The van der Waals surface area contributed by atoms with Crippen molar-refractivity contribution in [2.24, 2.45) is 0 Å². The van der Waals surface area contributed by atoms with Crippen LogP contribution in [0.1, 0.15) is 28.9 Å². The number of rotatable bonds is 4. The maximum absolute atomic E-state index is 12.6. The molecule has 1 aromatic heterocycles. The van der Waals surface area contributed by atoms with Crippen LogP contribution in [0.5, 0.6) is 0 Å². The number of nitrogens with zero attached hydrogens (tertiary/aromatic N) is 2. The van der Waals surface area contributed by atoms with Crippen molar-refractivity contribution in [2.45, 2.75) is 25.8 Å². The van der Waals surface area contributed by atoms with Gasteiger partial charge in [-0.05, 0) is 44.0 Å². The molecule has 26 heavy (non-hydrogen) atoms. The first-order valence-electron chi connectivity index (χ1n) is 8.46. The molecule has 1 saturated carbocycles. The zero-order chi connectivity index (χ0) is 18.3. The molecular weight excluding hydrogens is 369 g/mol. The third kappa shape index (κ3) is 3.22. The first kappa shape index (κ1) is 17.1. The number of hydrogen-bond acceptors (Lipinski definition) is 2. The largest absolute Gasteiger partial charge is 0.348 e. The lowest BCUT2D eigenvalue weighted by Crippen LogP contribution is -2.26. The fraction of sp³-hybridized carbons (Fsp3) is 0.200. The van der Waals surface area contributed by atoms with E-state index in [-0.39, 0.29) is 11.9 Å². The van der Waals surface area contributed by atoms with Crippen LogP contribution >= 0.6 is 23.2 Å². The van der Waals surface area contributed by atoms with E-state index in [1.807, 2.05) is 55.5 Å². The molecule has 0 atom stereocenters. The summed E-state index contributed by atoms with van der Waals surface area (Å²) in [6.45, 7) is 1.91. The van der Waals surface area contributed by atoms with Crippen molar-refractivity contribution in [3.63, 3.8) is 0 Å². The Hall–Kier alpha value is -2.30. The maximum Gasteiger partial charge on any atom is 0.272 e. The van der Waals surface area contributed by atoms with Crippen molar-refractivity contribution in [3.05, 3.63) is 69.8 Å². The van der Waals surface area contributed by atoms with E-state index < -0.39 is 0 Å². The highest BCUT2D eigenvalue weighted by Crippen LogP contribution is 2.32. The number of carbonyl (C=O) groups excluding carboxylic acids is 1. The Kier molecular flexibility index (Phi) is 4.47. The third-order valence-corrected chi connectivity index (χ3v) is 5.02. The van der Waals surface area contributed by atoms with Crippen LogP contribution in [0.3, 0.4) is 0 Å². The number of amides is 1. The highest BCUT2D eigenvalue weighted by molar-refractivity contribution is 6.32. The number of para-hydroxylation sites is 1. The molecule has 0 aliphatic heterocycles. The average Bonchev–Trinajstić information content (AvgIpc) is 3.37. The maximum atomic E-state index is 12.6. The SMILES string of the molecule is Cc1c(C(=O)NC2CC2)nn(-c2ccccc2Cl)c1-c1ccc(Cl)cc1. The summed E-state index contributed by atoms with van der Waals surface area (Å²) in [5.74, 6) is -0.147. The molecule has 1 amide bonds. The zero-order valence-corrected chi connectivity index (χ0v) is 15.7. The van der Waals surface area contributed by atoms with E-state index in [2.05, 4.69) is 10.4 Å². The molecule has 1 aliphatic rings. The molecule has 1 N–H and O–H groups in total. The van der Waals surface area contributed by atoms with Crippen LogP contribution in [-0.2, 0) is 0 Å². The summed E-state index contributed by atoms with van der Waals surface area (Å²) < 4.78 is 1.74. The summed E-state index contributed by atoms with van der Waals surface area (Å²) >= 11 is 12.4. The van der Waals surface area contributed by atoms with Crippen molar-refractivity contribution in [2.75, 3.05) is 0 Å². The van der Waals surface area contributed by atoms with E-state index >= 15 is 0 Å². The molecule has 4 nitrogen and oxygen atoms in total. The molecule has 132 valence electrons. The van der Waals surface area contributed by atoms with Gasteiger partial charge in [0.25, 0.3) is 5.91 Å². The number of aromatic nitrogens is 2. The predicted octanol–water partition coefficient (Wildman–Crippen LogP) is 5.05. The van der Waals surface area contributed by atoms with Crippen LogP contribution in [0, 0.1) is 6.92 Å². The van der Waals surface area contributed by atoms with Gasteiger partial charge in [0.2, 0.25) is 0 Å². The van der Waals surface area contributed by atoms with Crippen LogP contribution in [0.4, 0.5) is 0 Å². The van der Waals surface area contributed by atoms with Crippen LogP contribution in [0.25, 0.3) is 16.9 Å². The van der Waals surface area contributed by atoms with E-state index in [9.17, 15) is 4.79 Å². The standard InChI is InChI=1S/C20H17Cl2N3O/c1-12-18(20(26)23-15-10-11-15)24-25(17-5-3-2-4-16(17)22)19(12)13-6-8-14(21)9-7-13/h2-9,15H,10-11H2,1H3,(H,23,26). The third-order valence-electron chi connectivity index (χ3n) is 4.45. The molecule has 1 fully saturated rings. The summed E-state index contributed by atoms with van der Waals surface area (Å²) in [5.41, 5.74) is 3.71. The second-order valence-electron chi connectivity index (χ2n) is 6.44. The second-order valence-corrected chi connectivity index (χ2v) is 7.28. The molecule has 0 saturated heterocycles. The van der Waals surface area contributed by atoms with E-state index in [0.29, 0.717) is 15.7 Å². The van der Waals surface area contributed by atoms with Gasteiger partial charge in [0, 0.05) is 22.2 Å². The van der Waals surface area contributed by atoms with Crippen molar-refractivity contribution < 1.29 is 4.79 Å². The Morgan fingerprint density at radius 3 is 2.46 bits per heavy atom. The van der Waals surface area contributed by atoms with Crippen LogP contribution in [-0.4, -0.2) is 21.7 Å². The molecule has 0 unspecified atom stereocenters. The van der Waals surface area contributed by atoms with Gasteiger partial charge in [-0.1, -0.05) is 47.5 Å². The van der Waals surface area contributed by atoms with Crippen molar-refractivity contribution in [1.29, 1.82) is 0 Å². The quantitative estimate of drug-likeness (QED) is 0.682. The molecule has 3 aromatic rings. The lowest BCUT2D eigenvalue weighted by atomic mass is 10.1. The highest BCUT2D eigenvalue weighted by atomic mass is 35.5. The van der Waals surface area contributed by atoms with Gasteiger partial charge in [0.05, 0.1) is 16.4 Å². The van der Waals surface area contributed by atoms with Crippen molar-refractivity contribution in [1.82, 2.24) is 15.1 Å². The molecule has 1 aliphatic carbocycles. The van der Waals surface area contributed by atoms with Crippen molar-refractivity contribution in [3.8, 4) is 16.9 Å². The smallest absolute Gasteiger partial charge is 0.272 e. The zero-order valence-electron chi connectivity index (χ0n) is 14.2. The number of nitrogens with one attached hydrogen (secondary N) is 1. The van der Waals surface area contributed by atoms with Gasteiger partial charge in [-0.15, -0.1) is 0 Å². The molecule has 1 heterocycles. The summed E-state index contributed by atoms with van der Waals surface area (Å²) in [4.78, 5) is 12.6. The minimum absolute atomic E-state index is 0.147. The lowest BCUT2D eigenvalue weighted by molar-refractivity contribution is 0.0945. The van der Waals surface area contributed by atoms with Gasteiger partial charge in [0.15, 0.2) is 5.69 Å². The molecule has 0 spiro atoms. The van der Waals surface area contributed by atoms with Gasteiger partial charge in [-0.25, -0.2) is 4.68 Å². The Bertz CT molecular complexity index is 975. The molecule has 6 heteroatoms.